The fourth-order valence-electron chi connectivity index (χ4n) is 3.77. The van der Waals surface area contributed by atoms with Crippen molar-refractivity contribution in [2.24, 2.45) is 0 Å². The largest absolute Gasteiger partial charge is 0.494 e. The average Bonchev–Trinajstić information content (AvgIpc) is 2.90. The van der Waals surface area contributed by atoms with Crippen LogP contribution in [0.4, 0.5) is 5.69 Å². The van der Waals surface area contributed by atoms with Gasteiger partial charge >= 0.3 is 0 Å². The number of ether oxygens (including phenoxy) is 1. The third kappa shape index (κ3) is 5.76. The van der Waals surface area contributed by atoms with Gasteiger partial charge in [-0.3, -0.25) is 4.79 Å². The van der Waals surface area contributed by atoms with E-state index in [-0.39, 0.29) is 5.91 Å². The van der Waals surface area contributed by atoms with E-state index in [0.29, 0.717) is 17.2 Å². The van der Waals surface area contributed by atoms with Crippen molar-refractivity contribution in [2.75, 3.05) is 11.9 Å². The van der Waals surface area contributed by atoms with Crippen LogP contribution in [0, 0.1) is 18.3 Å². The quantitative estimate of drug-likeness (QED) is 0.265. The first-order chi connectivity index (χ1) is 17.5. The van der Waals surface area contributed by atoms with Crippen molar-refractivity contribution in [3.8, 4) is 34.2 Å². The van der Waals surface area contributed by atoms with Gasteiger partial charge in [-0.15, -0.1) is 0 Å². The molecule has 0 unspecified atom stereocenters. The molecule has 0 saturated carbocycles. The molecule has 0 saturated heterocycles. The molecule has 1 N–H and O–H groups in total. The molecule has 36 heavy (non-hydrogen) atoms. The van der Waals surface area contributed by atoms with Crippen molar-refractivity contribution in [3.63, 3.8) is 0 Å². The van der Waals surface area contributed by atoms with Gasteiger partial charge in [0, 0.05) is 16.8 Å². The first-order valence-electron chi connectivity index (χ1n) is 11.8. The summed E-state index contributed by atoms with van der Waals surface area (Å²) in [6.45, 7) is 6.32. The van der Waals surface area contributed by atoms with Gasteiger partial charge in [-0.1, -0.05) is 60.3 Å². The summed E-state index contributed by atoms with van der Waals surface area (Å²) in [6, 6.07) is 29.4. The van der Waals surface area contributed by atoms with E-state index in [4.69, 9.17) is 9.72 Å². The fourth-order valence-corrected chi connectivity index (χ4v) is 4.69. The normalized spacial score (nSPS) is 11.4. The molecule has 0 aliphatic carbocycles. The number of hydrogen-bond donors (Lipinski definition) is 1. The lowest BCUT2D eigenvalue weighted by Crippen LogP contribution is -2.23. The predicted octanol–water partition coefficient (Wildman–Crippen LogP) is 7.11. The minimum Gasteiger partial charge on any atom is -0.494 e. The maximum Gasteiger partial charge on any atom is 0.237 e. The van der Waals surface area contributed by atoms with Crippen LogP contribution in [0.3, 0.4) is 0 Å². The van der Waals surface area contributed by atoms with Crippen LogP contribution in [0.25, 0.3) is 22.4 Å². The van der Waals surface area contributed by atoms with Crippen molar-refractivity contribution in [1.82, 2.24) is 4.98 Å². The Bertz CT molecular complexity index is 1400. The molecule has 180 valence electrons. The number of benzene rings is 3. The fraction of sp³-hybridized carbons (Fsp3) is 0.167. The van der Waals surface area contributed by atoms with E-state index in [0.717, 1.165) is 39.4 Å². The number of hydrogen-bond acceptors (Lipinski definition) is 5. The number of aryl methyl sites for hydroxylation is 1. The summed E-state index contributed by atoms with van der Waals surface area (Å²) < 4.78 is 5.57. The summed E-state index contributed by atoms with van der Waals surface area (Å²) in [5.41, 5.74) is 5.55. The van der Waals surface area contributed by atoms with Gasteiger partial charge in [0.15, 0.2) is 0 Å². The number of pyridine rings is 1. The number of thioether (sulfide) groups is 1. The predicted molar refractivity (Wildman–Crippen MR) is 146 cm³/mol. The zero-order valence-corrected chi connectivity index (χ0v) is 21.3. The van der Waals surface area contributed by atoms with Gasteiger partial charge < -0.3 is 10.1 Å². The van der Waals surface area contributed by atoms with Gasteiger partial charge in [-0.2, -0.15) is 5.26 Å². The van der Waals surface area contributed by atoms with E-state index in [2.05, 4.69) is 11.4 Å². The number of nitrogens with one attached hydrogen (secondary N) is 1. The second-order valence-electron chi connectivity index (χ2n) is 8.23. The second kappa shape index (κ2) is 11.6. The molecule has 0 radical (unpaired) electrons. The minimum atomic E-state index is -0.469. The first-order valence-corrected chi connectivity index (χ1v) is 12.6. The summed E-state index contributed by atoms with van der Waals surface area (Å²) in [4.78, 5) is 17.9. The molecule has 1 atom stereocenters. The zero-order chi connectivity index (χ0) is 25.5. The van der Waals surface area contributed by atoms with Gasteiger partial charge in [0.05, 0.1) is 23.1 Å². The Balaban J connectivity index is 1.72. The third-order valence-electron chi connectivity index (χ3n) is 5.70. The summed E-state index contributed by atoms with van der Waals surface area (Å²) >= 11 is 1.29. The number of carbonyl (C=O) groups excluding carboxylic acids is 1. The number of nitriles is 1. The summed E-state index contributed by atoms with van der Waals surface area (Å²) in [7, 11) is 0. The Morgan fingerprint density at radius 2 is 1.72 bits per heavy atom. The number of para-hydroxylation sites is 1. The molecule has 1 amide bonds. The molecule has 0 aliphatic heterocycles. The molecular formula is C30H27N3O2S. The zero-order valence-electron chi connectivity index (χ0n) is 20.5. The molecule has 0 bridgehead atoms. The van der Waals surface area contributed by atoms with Crippen LogP contribution in [0.15, 0.2) is 90.0 Å². The highest BCUT2D eigenvalue weighted by Gasteiger charge is 2.22. The number of rotatable bonds is 8. The molecule has 4 rings (SSSR count). The highest BCUT2D eigenvalue weighted by Crippen LogP contribution is 2.36. The van der Waals surface area contributed by atoms with E-state index < -0.39 is 5.25 Å². The SMILES string of the molecule is CCOc1ccc(-c2cc(-c3ccccc3)c(C#N)c(S[C@H](C)C(=O)Nc3ccccc3C)n2)cc1. The Hall–Kier alpha value is -4.08. The lowest BCUT2D eigenvalue weighted by molar-refractivity contribution is -0.115. The first kappa shape index (κ1) is 25.0. The number of amides is 1. The summed E-state index contributed by atoms with van der Waals surface area (Å²) in [5.74, 6) is 0.641. The maximum atomic E-state index is 13.0. The number of aromatic nitrogens is 1. The molecule has 0 fully saturated rings. The van der Waals surface area contributed by atoms with E-state index >= 15 is 0 Å². The smallest absolute Gasteiger partial charge is 0.237 e. The Morgan fingerprint density at radius 1 is 1.03 bits per heavy atom. The van der Waals surface area contributed by atoms with Crippen molar-refractivity contribution in [2.45, 2.75) is 31.0 Å². The molecule has 3 aromatic carbocycles. The van der Waals surface area contributed by atoms with E-state index in [1.165, 1.54) is 11.8 Å². The monoisotopic (exact) mass is 493 g/mol. The minimum absolute atomic E-state index is 0.146. The lowest BCUT2D eigenvalue weighted by Gasteiger charge is -2.16. The summed E-state index contributed by atoms with van der Waals surface area (Å²) in [5, 5.41) is 13.2. The molecule has 5 nitrogen and oxygen atoms in total. The van der Waals surface area contributed by atoms with Gasteiger partial charge in [0.2, 0.25) is 5.91 Å². The Labute approximate surface area is 216 Å². The van der Waals surface area contributed by atoms with Gasteiger partial charge in [0.1, 0.15) is 16.8 Å². The molecular weight excluding hydrogens is 466 g/mol. The third-order valence-corrected chi connectivity index (χ3v) is 6.79. The van der Waals surface area contributed by atoms with Crippen LogP contribution in [0.1, 0.15) is 25.0 Å². The topological polar surface area (TPSA) is 75.0 Å². The number of carbonyl (C=O) groups is 1. The van der Waals surface area contributed by atoms with Gasteiger partial charge in [-0.05, 0) is 68.3 Å². The van der Waals surface area contributed by atoms with Crippen LogP contribution >= 0.6 is 11.8 Å². The van der Waals surface area contributed by atoms with Crippen LogP contribution in [-0.2, 0) is 4.79 Å². The Morgan fingerprint density at radius 3 is 2.39 bits per heavy atom. The highest BCUT2D eigenvalue weighted by molar-refractivity contribution is 8.00. The number of anilines is 1. The van der Waals surface area contributed by atoms with E-state index in [1.807, 2.05) is 106 Å². The van der Waals surface area contributed by atoms with Crippen molar-refractivity contribution in [3.05, 3.63) is 96.1 Å². The molecule has 0 aliphatic rings. The van der Waals surface area contributed by atoms with Gasteiger partial charge in [-0.25, -0.2) is 4.98 Å². The molecule has 1 aromatic heterocycles. The standard InChI is InChI=1S/C30H27N3O2S/c1-4-35-24-16-14-23(15-17-24)28-18-25(22-11-6-5-7-12-22)26(19-31)30(33-28)36-21(3)29(34)32-27-13-9-8-10-20(27)2/h5-18,21H,4H2,1-3H3,(H,32,34)/t21-/m1/s1. The highest BCUT2D eigenvalue weighted by atomic mass is 32.2. The van der Waals surface area contributed by atoms with Crippen molar-refractivity contribution >= 4 is 23.4 Å². The van der Waals surface area contributed by atoms with E-state index in [9.17, 15) is 10.1 Å². The van der Waals surface area contributed by atoms with Crippen LogP contribution in [-0.4, -0.2) is 22.7 Å². The average molecular weight is 494 g/mol. The van der Waals surface area contributed by atoms with Crippen molar-refractivity contribution < 1.29 is 9.53 Å². The van der Waals surface area contributed by atoms with Crippen LogP contribution in [0.5, 0.6) is 5.75 Å². The van der Waals surface area contributed by atoms with Crippen molar-refractivity contribution in [1.29, 1.82) is 5.26 Å². The molecule has 6 heteroatoms. The molecule has 0 spiro atoms. The number of nitrogens with zero attached hydrogens (tertiary/aromatic N) is 2. The maximum absolute atomic E-state index is 13.0. The van der Waals surface area contributed by atoms with Crippen LogP contribution < -0.4 is 10.1 Å². The Kier molecular flexibility index (Phi) is 8.04. The second-order valence-corrected chi connectivity index (χ2v) is 9.56. The molecule has 1 heterocycles. The van der Waals surface area contributed by atoms with Crippen LogP contribution in [0.2, 0.25) is 0 Å². The van der Waals surface area contributed by atoms with Gasteiger partial charge in [0.25, 0.3) is 0 Å². The summed E-state index contributed by atoms with van der Waals surface area (Å²) in [6.07, 6.45) is 0. The molecule has 4 aromatic rings. The lowest BCUT2D eigenvalue weighted by atomic mass is 9.99. The van der Waals surface area contributed by atoms with E-state index in [1.54, 1.807) is 0 Å².